The Morgan fingerprint density at radius 2 is 1.84 bits per heavy atom. The number of carboxylic acid groups (broad SMARTS) is 1. The lowest BCUT2D eigenvalue weighted by Gasteiger charge is -2.08. The lowest BCUT2D eigenvalue weighted by Crippen LogP contribution is -2.09. The zero-order valence-corrected chi connectivity index (χ0v) is 11.7. The minimum absolute atomic E-state index is 0.176. The first kappa shape index (κ1) is 17.0. The summed E-state index contributed by atoms with van der Waals surface area (Å²) < 4.78 is 10.00. The van der Waals surface area contributed by atoms with E-state index in [0.29, 0.717) is 11.3 Å². The van der Waals surface area contributed by atoms with Crippen LogP contribution in [-0.2, 0) is 9.53 Å². The molecule has 0 saturated heterocycles. The molecule has 0 radical (unpaired) electrons. The fourth-order valence-corrected chi connectivity index (χ4v) is 1.31. The van der Waals surface area contributed by atoms with Crippen molar-refractivity contribution in [2.45, 2.75) is 27.7 Å². The van der Waals surface area contributed by atoms with Gasteiger partial charge in [0.25, 0.3) is 0 Å². The van der Waals surface area contributed by atoms with E-state index in [9.17, 15) is 9.59 Å². The third kappa shape index (κ3) is 6.45. The average molecular weight is 268 g/mol. The molecule has 0 aliphatic rings. The molecule has 1 N–H and O–H groups in total. The second kappa shape index (κ2) is 8.97. The minimum Gasteiger partial charge on any atom is -0.490 e. The predicted octanol–water partition coefficient (Wildman–Crippen LogP) is 2.66. The van der Waals surface area contributed by atoms with Gasteiger partial charge in [-0.15, -0.1) is 0 Å². The van der Waals surface area contributed by atoms with E-state index in [1.807, 2.05) is 13.8 Å². The van der Waals surface area contributed by atoms with E-state index in [2.05, 4.69) is 0 Å². The Morgan fingerprint density at radius 3 is 2.32 bits per heavy atom. The zero-order valence-electron chi connectivity index (χ0n) is 11.7. The number of hydrogen-bond donors (Lipinski definition) is 1. The Labute approximate surface area is 113 Å². The van der Waals surface area contributed by atoms with Crippen LogP contribution in [0.1, 0.15) is 36.7 Å². The van der Waals surface area contributed by atoms with E-state index < -0.39 is 5.97 Å². The van der Waals surface area contributed by atoms with Crippen LogP contribution in [0, 0.1) is 6.92 Å². The molecule has 0 aliphatic carbocycles. The van der Waals surface area contributed by atoms with E-state index in [0.717, 1.165) is 0 Å². The zero-order chi connectivity index (χ0) is 14.8. The molecule has 5 nitrogen and oxygen atoms in total. The van der Waals surface area contributed by atoms with Gasteiger partial charge in [-0.05, 0) is 30.7 Å². The van der Waals surface area contributed by atoms with Gasteiger partial charge in [-0.2, -0.15) is 0 Å². The molecule has 1 aromatic carbocycles. The third-order valence-corrected chi connectivity index (χ3v) is 2.09. The number of aryl methyl sites for hydroxylation is 1. The molecule has 0 atom stereocenters. The van der Waals surface area contributed by atoms with Crippen LogP contribution < -0.4 is 4.74 Å². The highest BCUT2D eigenvalue weighted by atomic mass is 16.6. The lowest BCUT2D eigenvalue weighted by molar-refractivity contribution is -0.141. The average Bonchev–Trinajstić information content (AvgIpc) is 2.36. The first-order chi connectivity index (χ1) is 9.00. The van der Waals surface area contributed by atoms with Gasteiger partial charge in [-0.25, -0.2) is 4.79 Å². The second-order valence-electron chi connectivity index (χ2n) is 3.47. The summed E-state index contributed by atoms with van der Waals surface area (Å²) >= 11 is 0. The highest BCUT2D eigenvalue weighted by Crippen LogP contribution is 2.17. The van der Waals surface area contributed by atoms with Crippen LogP contribution in [0.15, 0.2) is 18.2 Å². The summed E-state index contributed by atoms with van der Waals surface area (Å²) in [5.74, 6) is -0.764. The monoisotopic (exact) mass is 268 g/mol. The lowest BCUT2D eigenvalue weighted by atomic mass is 10.1. The highest BCUT2D eigenvalue weighted by molar-refractivity contribution is 5.89. The van der Waals surface area contributed by atoms with Gasteiger partial charge < -0.3 is 14.6 Å². The number of carboxylic acids is 1. The van der Waals surface area contributed by atoms with Crippen molar-refractivity contribution in [3.63, 3.8) is 0 Å². The van der Waals surface area contributed by atoms with Crippen LogP contribution in [0.25, 0.3) is 0 Å². The van der Waals surface area contributed by atoms with Gasteiger partial charge >= 0.3 is 11.9 Å². The number of esters is 1. The van der Waals surface area contributed by atoms with Crippen molar-refractivity contribution in [3.05, 3.63) is 29.3 Å². The van der Waals surface area contributed by atoms with E-state index in [1.165, 1.54) is 13.0 Å². The highest BCUT2D eigenvalue weighted by Gasteiger charge is 2.07. The first-order valence-corrected chi connectivity index (χ1v) is 6.11. The van der Waals surface area contributed by atoms with Gasteiger partial charge in [-0.3, -0.25) is 4.79 Å². The predicted molar refractivity (Wildman–Crippen MR) is 71.6 cm³/mol. The Hall–Kier alpha value is -2.04. The summed E-state index contributed by atoms with van der Waals surface area (Å²) in [6.07, 6.45) is 0. The third-order valence-electron chi connectivity index (χ3n) is 2.09. The molecular weight excluding hydrogens is 248 g/mol. The van der Waals surface area contributed by atoms with Crippen LogP contribution in [0.5, 0.6) is 5.75 Å². The van der Waals surface area contributed by atoms with Gasteiger partial charge in [0.2, 0.25) is 0 Å². The van der Waals surface area contributed by atoms with Crippen molar-refractivity contribution in [2.24, 2.45) is 0 Å². The molecule has 0 bridgehead atoms. The van der Waals surface area contributed by atoms with E-state index in [1.54, 1.807) is 19.1 Å². The number of rotatable bonds is 5. The first-order valence-electron chi connectivity index (χ1n) is 6.11. The SMILES string of the molecule is CC.CC(=O)OCCOc1ccc(C(=O)O)c(C)c1. The number of carbonyl (C=O) groups is 2. The molecule has 0 aliphatic heterocycles. The van der Waals surface area contributed by atoms with Gasteiger partial charge in [0.05, 0.1) is 5.56 Å². The molecule has 0 saturated carbocycles. The number of carbonyl (C=O) groups excluding carboxylic acids is 1. The van der Waals surface area contributed by atoms with Gasteiger partial charge in [0, 0.05) is 6.92 Å². The molecule has 1 rings (SSSR count). The summed E-state index contributed by atoms with van der Waals surface area (Å²) in [6, 6.07) is 4.69. The summed E-state index contributed by atoms with van der Waals surface area (Å²) in [7, 11) is 0. The van der Waals surface area contributed by atoms with Crippen molar-refractivity contribution in [2.75, 3.05) is 13.2 Å². The van der Waals surface area contributed by atoms with Crippen molar-refractivity contribution in [1.82, 2.24) is 0 Å². The smallest absolute Gasteiger partial charge is 0.335 e. The Kier molecular flexibility index (Phi) is 8.00. The van der Waals surface area contributed by atoms with Crippen LogP contribution in [0.2, 0.25) is 0 Å². The van der Waals surface area contributed by atoms with Crippen molar-refractivity contribution in [3.8, 4) is 5.75 Å². The van der Waals surface area contributed by atoms with Gasteiger partial charge in [0.1, 0.15) is 19.0 Å². The molecule has 5 heteroatoms. The normalized spacial score (nSPS) is 9.05. The van der Waals surface area contributed by atoms with Crippen molar-refractivity contribution < 1.29 is 24.2 Å². The fourth-order valence-electron chi connectivity index (χ4n) is 1.31. The topological polar surface area (TPSA) is 72.8 Å². The van der Waals surface area contributed by atoms with Crippen molar-refractivity contribution in [1.29, 1.82) is 0 Å². The molecule has 0 aromatic heterocycles. The summed E-state index contributed by atoms with van der Waals surface area (Å²) in [5.41, 5.74) is 0.875. The molecule has 0 amide bonds. The van der Waals surface area contributed by atoms with Crippen LogP contribution in [-0.4, -0.2) is 30.3 Å². The van der Waals surface area contributed by atoms with Crippen LogP contribution >= 0.6 is 0 Å². The van der Waals surface area contributed by atoms with Gasteiger partial charge in [0.15, 0.2) is 0 Å². The van der Waals surface area contributed by atoms with Crippen LogP contribution in [0.4, 0.5) is 0 Å². The number of aromatic carboxylic acids is 1. The molecule has 0 fully saturated rings. The molecule has 106 valence electrons. The summed E-state index contributed by atoms with van der Waals surface area (Å²) in [6.45, 7) is 7.44. The molecule has 0 unspecified atom stereocenters. The maximum absolute atomic E-state index is 10.8. The molecule has 19 heavy (non-hydrogen) atoms. The standard InChI is InChI=1S/C12H14O5.C2H6/c1-8-7-10(3-4-11(8)12(14)15)17-6-5-16-9(2)13;1-2/h3-4,7H,5-6H2,1-2H3,(H,14,15);1-2H3. The quantitative estimate of drug-likeness (QED) is 0.656. The minimum atomic E-state index is -0.964. The van der Waals surface area contributed by atoms with E-state index in [4.69, 9.17) is 14.6 Å². The Morgan fingerprint density at radius 1 is 1.21 bits per heavy atom. The maximum Gasteiger partial charge on any atom is 0.335 e. The molecule has 0 heterocycles. The summed E-state index contributed by atoms with van der Waals surface area (Å²) in [4.78, 5) is 21.3. The number of hydrogen-bond acceptors (Lipinski definition) is 4. The fraction of sp³-hybridized carbons (Fsp3) is 0.429. The number of benzene rings is 1. The summed E-state index contributed by atoms with van der Waals surface area (Å²) in [5, 5.41) is 8.83. The second-order valence-corrected chi connectivity index (χ2v) is 3.47. The van der Waals surface area contributed by atoms with Gasteiger partial charge in [-0.1, -0.05) is 13.8 Å². The van der Waals surface area contributed by atoms with E-state index in [-0.39, 0.29) is 24.7 Å². The number of ether oxygens (including phenoxy) is 2. The van der Waals surface area contributed by atoms with Crippen LogP contribution in [0.3, 0.4) is 0 Å². The van der Waals surface area contributed by atoms with Crippen molar-refractivity contribution >= 4 is 11.9 Å². The van der Waals surface area contributed by atoms with E-state index >= 15 is 0 Å². The molecule has 1 aromatic rings. The Bertz CT molecular complexity index is 426. The Balaban J connectivity index is 0.00000154. The largest absolute Gasteiger partial charge is 0.490 e. The maximum atomic E-state index is 10.8. The molecule has 0 spiro atoms. The molecular formula is C14H20O5.